The maximum atomic E-state index is 13.0. The highest BCUT2D eigenvalue weighted by Crippen LogP contribution is 2.31. The molecule has 16 heavy (non-hydrogen) atoms. The van der Waals surface area contributed by atoms with Gasteiger partial charge in [0.05, 0.1) is 6.42 Å². The Balaban J connectivity index is 2.25. The van der Waals surface area contributed by atoms with Gasteiger partial charge in [-0.3, -0.25) is 4.79 Å². The van der Waals surface area contributed by atoms with Crippen molar-refractivity contribution in [2.24, 2.45) is 0 Å². The van der Waals surface area contributed by atoms with Gasteiger partial charge in [0.25, 0.3) is 0 Å². The number of fused-ring (bicyclic) bond motifs is 1. The number of anilines is 1. The smallest absolute Gasteiger partial charge is 0.305 e. The lowest BCUT2D eigenvalue weighted by Gasteiger charge is -2.35. The van der Waals surface area contributed by atoms with Gasteiger partial charge in [0.15, 0.2) is 0 Å². The Morgan fingerprint density at radius 1 is 1.62 bits per heavy atom. The van der Waals surface area contributed by atoms with Crippen LogP contribution in [0.25, 0.3) is 0 Å². The Hall–Kier alpha value is -1.58. The average molecular weight is 223 g/mol. The van der Waals surface area contributed by atoms with E-state index in [1.807, 2.05) is 11.9 Å². The number of benzene rings is 1. The van der Waals surface area contributed by atoms with E-state index in [2.05, 4.69) is 0 Å². The van der Waals surface area contributed by atoms with Crippen molar-refractivity contribution in [3.8, 4) is 0 Å². The number of carboxylic acid groups (broad SMARTS) is 1. The Morgan fingerprint density at radius 3 is 3.06 bits per heavy atom. The molecule has 1 atom stereocenters. The van der Waals surface area contributed by atoms with Crippen LogP contribution in [0.5, 0.6) is 0 Å². The summed E-state index contributed by atoms with van der Waals surface area (Å²) in [5, 5.41) is 8.79. The van der Waals surface area contributed by atoms with Gasteiger partial charge >= 0.3 is 5.97 Å². The summed E-state index contributed by atoms with van der Waals surface area (Å²) >= 11 is 0. The number of aryl methyl sites for hydroxylation is 1. The van der Waals surface area contributed by atoms with Gasteiger partial charge < -0.3 is 10.0 Å². The van der Waals surface area contributed by atoms with Crippen LogP contribution in [-0.2, 0) is 11.2 Å². The molecule has 1 aliphatic heterocycles. The van der Waals surface area contributed by atoms with E-state index in [9.17, 15) is 9.18 Å². The summed E-state index contributed by atoms with van der Waals surface area (Å²) in [5.74, 6) is -1.02. The van der Waals surface area contributed by atoms with Crippen LogP contribution in [0.15, 0.2) is 18.2 Å². The van der Waals surface area contributed by atoms with Gasteiger partial charge in [-0.05, 0) is 36.6 Å². The van der Waals surface area contributed by atoms with Crippen molar-refractivity contribution in [1.29, 1.82) is 0 Å². The fourth-order valence-corrected chi connectivity index (χ4v) is 2.25. The number of halogens is 1. The third-order valence-electron chi connectivity index (χ3n) is 3.13. The predicted molar refractivity (Wildman–Crippen MR) is 59.2 cm³/mol. The van der Waals surface area contributed by atoms with Gasteiger partial charge in [-0.1, -0.05) is 0 Å². The molecule has 0 aromatic heterocycles. The molecule has 3 nitrogen and oxygen atoms in total. The van der Waals surface area contributed by atoms with E-state index < -0.39 is 5.97 Å². The second-order valence-electron chi connectivity index (χ2n) is 4.17. The maximum absolute atomic E-state index is 13.0. The normalized spacial score (nSPS) is 19.4. The minimum absolute atomic E-state index is 0.00969. The number of hydrogen-bond acceptors (Lipinski definition) is 2. The van der Waals surface area contributed by atoms with E-state index in [1.54, 1.807) is 6.07 Å². The molecule has 0 spiro atoms. The first-order chi connectivity index (χ1) is 7.58. The molecule has 0 bridgehead atoms. The van der Waals surface area contributed by atoms with Gasteiger partial charge in [0.1, 0.15) is 5.82 Å². The molecule has 1 aromatic carbocycles. The quantitative estimate of drug-likeness (QED) is 0.834. The first-order valence-corrected chi connectivity index (χ1v) is 5.31. The molecule has 1 aromatic rings. The summed E-state index contributed by atoms with van der Waals surface area (Å²) in [6.45, 7) is 0. The van der Waals surface area contributed by atoms with Crippen molar-refractivity contribution in [3.05, 3.63) is 29.6 Å². The molecule has 0 amide bonds. The van der Waals surface area contributed by atoms with Crippen LogP contribution in [-0.4, -0.2) is 24.2 Å². The summed E-state index contributed by atoms with van der Waals surface area (Å²) in [6.07, 6.45) is 1.64. The number of carboxylic acids is 1. The van der Waals surface area contributed by atoms with E-state index in [-0.39, 0.29) is 18.3 Å². The Labute approximate surface area is 93.5 Å². The molecule has 2 rings (SSSR count). The molecule has 0 aliphatic carbocycles. The molecule has 0 fully saturated rings. The van der Waals surface area contributed by atoms with Gasteiger partial charge in [-0.25, -0.2) is 4.39 Å². The van der Waals surface area contributed by atoms with Crippen LogP contribution in [0.3, 0.4) is 0 Å². The first kappa shape index (κ1) is 10.9. The van der Waals surface area contributed by atoms with E-state index in [1.165, 1.54) is 12.1 Å². The van der Waals surface area contributed by atoms with Crippen molar-refractivity contribution in [1.82, 2.24) is 0 Å². The minimum Gasteiger partial charge on any atom is -0.481 e. The predicted octanol–water partition coefficient (Wildman–Crippen LogP) is 2.05. The lowest BCUT2D eigenvalue weighted by atomic mass is 9.94. The third-order valence-corrected chi connectivity index (χ3v) is 3.13. The number of carbonyl (C=O) groups is 1. The molecule has 0 saturated carbocycles. The van der Waals surface area contributed by atoms with Crippen LogP contribution < -0.4 is 4.90 Å². The number of rotatable bonds is 2. The molecule has 4 heteroatoms. The van der Waals surface area contributed by atoms with Crippen LogP contribution in [0, 0.1) is 5.82 Å². The molecule has 1 heterocycles. The van der Waals surface area contributed by atoms with E-state index in [0.717, 1.165) is 24.1 Å². The monoisotopic (exact) mass is 223 g/mol. The summed E-state index contributed by atoms with van der Waals surface area (Å²) in [6, 6.07) is 4.68. The van der Waals surface area contributed by atoms with Gasteiger partial charge in [-0.2, -0.15) is 0 Å². The van der Waals surface area contributed by atoms with Gasteiger partial charge in [0, 0.05) is 18.8 Å². The van der Waals surface area contributed by atoms with Crippen molar-refractivity contribution in [3.63, 3.8) is 0 Å². The highest BCUT2D eigenvalue weighted by atomic mass is 19.1. The molecule has 0 radical (unpaired) electrons. The maximum Gasteiger partial charge on any atom is 0.305 e. The zero-order valence-electron chi connectivity index (χ0n) is 9.11. The molecule has 1 N–H and O–H groups in total. The number of nitrogens with zero attached hydrogens (tertiary/aromatic N) is 1. The third kappa shape index (κ3) is 2.01. The fourth-order valence-electron chi connectivity index (χ4n) is 2.25. The number of aliphatic carboxylic acids is 1. The summed E-state index contributed by atoms with van der Waals surface area (Å²) in [5.41, 5.74) is 1.91. The highest BCUT2D eigenvalue weighted by molar-refractivity contribution is 5.69. The molecular formula is C12H14FNO2. The average Bonchev–Trinajstić information content (AvgIpc) is 2.22. The Bertz CT molecular complexity index is 419. The molecule has 86 valence electrons. The summed E-state index contributed by atoms with van der Waals surface area (Å²) in [7, 11) is 1.86. The Kier molecular flexibility index (Phi) is 2.81. The lowest BCUT2D eigenvalue weighted by molar-refractivity contribution is -0.137. The zero-order chi connectivity index (χ0) is 11.7. The number of hydrogen-bond donors (Lipinski definition) is 1. The largest absolute Gasteiger partial charge is 0.481 e. The van der Waals surface area contributed by atoms with Crippen LogP contribution in [0.1, 0.15) is 18.4 Å². The zero-order valence-corrected chi connectivity index (χ0v) is 9.11. The van der Waals surface area contributed by atoms with Crippen molar-refractivity contribution in [2.75, 3.05) is 11.9 Å². The Morgan fingerprint density at radius 2 is 2.38 bits per heavy atom. The van der Waals surface area contributed by atoms with Crippen molar-refractivity contribution < 1.29 is 14.3 Å². The van der Waals surface area contributed by atoms with Gasteiger partial charge in [-0.15, -0.1) is 0 Å². The standard InChI is InChI=1S/C12H14FNO2/c1-14-10(7-12(15)16)4-2-8-6-9(13)3-5-11(8)14/h3,5-6,10H,2,4,7H2,1H3,(H,15,16). The molecule has 1 unspecified atom stereocenters. The molecular weight excluding hydrogens is 209 g/mol. The minimum atomic E-state index is -0.789. The van der Waals surface area contributed by atoms with Crippen molar-refractivity contribution in [2.45, 2.75) is 25.3 Å². The second-order valence-corrected chi connectivity index (χ2v) is 4.17. The highest BCUT2D eigenvalue weighted by Gasteiger charge is 2.25. The molecule has 1 aliphatic rings. The fraction of sp³-hybridized carbons (Fsp3) is 0.417. The van der Waals surface area contributed by atoms with E-state index in [0.29, 0.717) is 0 Å². The first-order valence-electron chi connectivity index (χ1n) is 5.31. The summed E-state index contributed by atoms with van der Waals surface area (Å²) < 4.78 is 13.0. The van der Waals surface area contributed by atoms with E-state index in [4.69, 9.17) is 5.11 Å². The van der Waals surface area contributed by atoms with Gasteiger partial charge in [0.2, 0.25) is 0 Å². The SMILES string of the molecule is CN1c2ccc(F)cc2CCC1CC(=O)O. The topological polar surface area (TPSA) is 40.5 Å². The van der Waals surface area contributed by atoms with Crippen LogP contribution in [0.2, 0.25) is 0 Å². The van der Waals surface area contributed by atoms with E-state index >= 15 is 0 Å². The lowest BCUT2D eigenvalue weighted by Crippen LogP contribution is -2.37. The van der Waals surface area contributed by atoms with Crippen LogP contribution in [0.4, 0.5) is 10.1 Å². The van der Waals surface area contributed by atoms with Crippen molar-refractivity contribution >= 4 is 11.7 Å². The van der Waals surface area contributed by atoms with Crippen LogP contribution >= 0.6 is 0 Å². The second kappa shape index (κ2) is 4.12. The molecule has 0 saturated heterocycles. The summed E-state index contributed by atoms with van der Waals surface area (Å²) in [4.78, 5) is 12.6.